The topological polar surface area (TPSA) is 88.5 Å². The van der Waals surface area contributed by atoms with Crippen LogP contribution in [-0.4, -0.2) is 41.7 Å². The monoisotopic (exact) mass is 296 g/mol. The molecule has 1 unspecified atom stereocenters. The third kappa shape index (κ3) is 4.22. The van der Waals surface area contributed by atoms with Gasteiger partial charge in [0.15, 0.2) is 0 Å². The van der Waals surface area contributed by atoms with Gasteiger partial charge in [0.05, 0.1) is 12.1 Å². The fraction of sp³-hybridized carbons (Fsp3) is 0.500. The summed E-state index contributed by atoms with van der Waals surface area (Å²) in [6.45, 7) is 1.11. The van der Waals surface area contributed by atoms with E-state index in [1.807, 2.05) is 0 Å². The zero-order valence-electron chi connectivity index (χ0n) is 11.4. The van der Waals surface area contributed by atoms with Gasteiger partial charge in [0.2, 0.25) is 0 Å². The van der Waals surface area contributed by atoms with Gasteiger partial charge in [-0.3, -0.25) is 9.59 Å². The zero-order valence-corrected chi connectivity index (χ0v) is 11.4. The van der Waals surface area contributed by atoms with Gasteiger partial charge in [0.25, 0.3) is 5.91 Å². The fourth-order valence-electron chi connectivity index (χ4n) is 2.38. The number of nitrogens with one attached hydrogen (secondary N) is 1. The molecule has 0 saturated carbocycles. The summed E-state index contributed by atoms with van der Waals surface area (Å²) in [6, 6.07) is 2.39. The van der Waals surface area contributed by atoms with E-state index in [0.29, 0.717) is 26.1 Å². The van der Waals surface area contributed by atoms with Gasteiger partial charge in [0.1, 0.15) is 11.5 Å². The number of aliphatic carboxylic acids is 1. The molecule has 0 bridgehead atoms. The highest BCUT2D eigenvalue weighted by atomic mass is 19.1. The second kappa shape index (κ2) is 7.12. The van der Waals surface area contributed by atoms with Crippen LogP contribution in [0.5, 0.6) is 0 Å². The van der Waals surface area contributed by atoms with E-state index in [1.54, 1.807) is 0 Å². The largest absolute Gasteiger partial charge is 0.481 e. The molecule has 0 spiro atoms. The van der Waals surface area contributed by atoms with Crippen molar-refractivity contribution < 1.29 is 23.8 Å². The van der Waals surface area contributed by atoms with Crippen LogP contribution in [0.4, 0.5) is 4.39 Å². The fourth-order valence-corrected chi connectivity index (χ4v) is 2.38. The van der Waals surface area contributed by atoms with E-state index in [2.05, 4.69) is 10.3 Å². The molecule has 1 aromatic heterocycles. The molecule has 21 heavy (non-hydrogen) atoms. The van der Waals surface area contributed by atoms with Crippen molar-refractivity contribution in [3.05, 3.63) is 29.8 Å². The number of hydrogen-bond donors (Lipinski definition) is 2. The van der Waals surface area contributed by atoms with Gasteiger partial charge in [-0.1, -0.05) is 0 Å². The van der Waals surface area contributed by atoms with E-state index in [9.17, 15) is 19.1 Å². The third-order valence-electron chi connectivity index (χ3n) is 3.59. The first-order valence-corrected chi connectivity index (χ1v) is 6.78. The summed E-state index contributed by atoms with van der Waals surface area (Å²) in [5, 5.41) is 11.8. The van der Waals surface area contributed by atoms with Crippen molar-refractivity contribution in [3.63, 3.8) is 0 Å². The summed E-state index contributed by atoms with van der Waals surface area (Å²) in [7, 11) is 0. The smallest absolute Gasteiger partial charge is 0.308 e. The van der Waals surface area contributed by atoms with Crippen LogP contribution in [0.25, 0.3) is 0 Å². The predicted molar refractivity (Wildman–Crippen MR) is 71.2 cm³/mol. The summed E-state index contributed by atoms with van der Waals surface area (Å²) < 4.78 is 17.9. The van der Waals surface area contributed by atoms with Crippen LogP contribution < -0.4 is 5.32 Å². The molecule has 7 heteroatoms. The Morgan fingerprint density at radius 1 is 1.43 bits per heavy atom. The number of hydrogen-bond acceptors (Lipinski definition) is 4. The van der Waals surface area contributed by atoms with E-state index >= 15 is 0 Å². The SMILES string of the molecule is O=C(NCC(C(=O)O)C1CCOCC1)c1ccc(F)cn1. The Morgan fingerprint density at radius 3 is 2.71 bits per heavy atom. The molecule has 0 radical (unpaired) electrons. The maximum Gasteiger partial charge on any atom is 0.308 e. The maximum atomic E-state index is 12.7. The number of carbonyl (C=O) groups excluding carboxylic acids is 1. The first-order chi connectivity index (χ1) is 10.1. The molecule has 2 heterocycles. The molecule has 1 saturated heterocycles. The molecule has 1 amide bonds. The summed E-state index contributed by atoms with van der Waals surface area (Å²) in [6.07, 6.45) is 2.28. The number of halogens is 1. The second-order valence-electron chi connectivity index (χ2n) is 4.97. The Morgan fingerprint density at radius 2 is 2.14 bits per heavy atom. The number of aromatic nitrogens is 1. The molecule has 114 valence electrons. The number of carbonyl (C=O) groups is 2. The van der Waals surface area contributed by atoms with Gasteiger partial charge in [-0.05, 0) is 30.9 Å². The lowest BCUT2D eigenvalue weighted by atomic mass is 9.86. The second-order valence-corrected chi connectivity index (χ2v) is 4.97. The van der Waals surface area contributed by atoms with Crippen LogP contribution in [0.1, 0.15) is 23.3 Å². The van der Waals surface area contributed by atoms with Gasteiger partial charge in [-0.15, -0.1) is 0 Å². The minimum Gasteiger partial charge on any atom is -0.481 e. The number of amides is 1. The molecule has 1 aliphatic rings. The molecule has 1 fully saturated rings. The van der Waals surface area contributed by atoms with Gasteiger partial charge < -0.3 is 15.2 Å². The van der Waals surface area contributed by atoms with Crippen molar-refractivity contribution >= 4 is 11.9 Å². The van der Waals surface area contributed by atoms with Crippen molar-refractivity contribution in [2.75, 3.05) is 19.8 Å². The minimum absolute atomic E-state index is 0.0160. The highest BCUT2D eigenvalue weighted by molar-refractivity contribution is 5.92. The molecular weight excluding hydrogens is 279 g/mol. The Balaban J connectivity index is 1.93. The van der Waals surface area contributed by atoms with Crippen molar-refractivity contribution in [2.24, 2.45) is 11.8 Å². The molecule has 0 aliphatic carbocycles. The molecule has 6 nitrogen and oxygen atoms in total. The third-order valence-corrected chi connectivity index (χ3v) is 3.59. The summed E-state index contributed by atoms with van der Waals surface area (Å²) >= 11 is 0. The van der Waals surface area contributed by atoms with Crippen LogP contribution in [0.3, 0.4) is 0 Å². The summed E-state index contributed by atoms with van der Waals surface area (Å²) in [4.78, 5) is 26.8. The number of pyridine rings is 1. The Hall–Kier alpha value is -2.02. The van der Waals surface area contributed by atoms with Crippen LogP contribution in [-0.2, 0) is 9.53 Å². The number of nitrogens with zero attached hydrogens (tertiary/aromatic N) is 1. The van der Waals surface area contributed by atoms with Gasteiger partial charge in [-0.25, -0.2) is 9.37 Å². The van der Waals surface area contributed by atoms with E-state index < -0.39 is 23.6 Å². The zero-order chi connectivity index (χ0) is 15.2. The molecular formula is C14H17FN2O4. The van der Waals surface area contributed by atoms with E-state index in [4.69, 9.17) is 4.74 Å². The maximum absolute atomic E-state index is 12.7. The number of carboxylic acid groups (broad SMARTS) is 1. The molecule has 2 rings (SSSR count). The quantitative estimate of drug-likeness (QED) is 0.848. The number of carboxylic acids is 1. The van der Waals surface area contributed by atoms with Gasteiger partial charge >= 0.3 is 5.97 Å². The van der Waals surface area contributed by atoms with Gasteiger partial charge in [-0.2, -0.15) is 0 Å². The van der Waals surface area contributed by atoms with Crippen molar-refractivity contribution in [3.8, 4) is 0 Å². The van der Waals surface area contributed by atoms with Crippen LogP contribution >= 0.6 is 0 Å². The normalized spacial score (nSPS) is 17.2. The van der Waals surface area contributed by atoms with Crippen molar-refractivity contribution in [1.29, 1.82) is 0 Å². The lowest BCUT2D eigenvalue weighted by molar-refractivity contribution is -0.144. The Kier molecular flexibility index (Phi) is 5.21. The average Bonchev–Trinajstić information content (AvgIpc) is 2.48. The molecule has 2 N–H and O–H groups in total. The van der Waals surface area contributed by atoms with E-state index in [-0.39, 0.29) is 18.2 Å². The van der Waals surface area contributed by atoms with Crippen molar-refractivity contribution in [1.82, 2.24) is 10.3 Å². The Labute approximate surface area is 121 Å². The summed E-state index contributed by atoms with van der Waals surface area (Å²) in [5.74, 6) is -2.64. The first-order valence-electron chi connectivity index (χ1n) is 6.78. The molecule has 1 atom stereocenters. The lowest BCUT2D eigenvalue weighted by Crippen LogP contribution is -2.39. The lowest BCUT2D eigenvalue weighted by Gasteiger charge is -2.27. The van der Waals surface area contributed by atoms with Crippen LogP contribution in [0.2, 0.25) is 0 Å². The van der Waals surface area contributed by atoms with Crippen molar-refractivity contribution in [2.45, 2.75) is 12.8 Å². The average molecular weight is 296 g/mol. The Bertz CT molecular complexity index is 500. The predicted octanol–water partition coefficient (Wildman–Crippen LogP) is 1.08. The van der Waals surface area contributed by atoms with Gasteiger partial charge in [0, 0.05) is 19.8 Å². The molecule has 1 aromatic rings. The van der Waals surface area contributed by atoms with E-state index in [1.165, 1.54) is 6.07 Å². The van der Waals surface area contributed by atoms with Crippen LogP contribution in [0.15, 0.2) is 18.3 Å². The molecule has 1 aliphatic heterocycles. The highest BCUT2D eigenvalue weighted by Gasteiger charge is 2.30. The van der Waals surface area contributed by atoms with E-state index in [0.717, 1.165) is 12.3 Å². The van der Waals surface area contributed by atoms with Crippen LogP contribution in [0, 0.1) is 17.7 Å². The molecule has 0 aromatic carbocycles. The number of ether oxygens (including phenoxy) is 1. The first kappa shape index (κ1) is 15.4. The number of rotatable bonds is 5. The summed E-state index contributed by atoms with van der Waals surface area (Å²) in [5.41, 5.74) is 0.0625. The standard InChI is InChI=1S/C14H17FN2O4/c15-10-1-2-12(16-7-10)13(18)17-8-11(14(19)20)9-3-5-21-6-4-9/h1-2,7,9,11H,3-6,8H2,(H,17,18)(H,19,20). The minimum atomic E-state index is -0.936. The highest BCUT2D eigenvalue weighted by Crippen LogP contribution is 2.23.